The van der Waals surface area contributed by atoms with Gasteiger partial charge in [0, 0.05) is 13.1 Å². The van der Waals surface area contributed by atoms with Crippen molar-refractivity contribution in [1.29, 1.82) is 0 Å². The van der Waals surface area contributed by atoms with Crippen LogP contribution in [0.1, 0.15) is 48.1 Å². The number of hydrogen-bond donors (Lipinski definition) is 1. The van der Waals surface area contributed by atoms with Gasteiger partial charge in [-0.3, -0.25) is 4.79 Å². The van der Waals surface area contributed by atoms with E-state index in [2.05, 4.69) is 5.32 Å². The monoisotopic (exact) mass is 432 g/mol. The third-order valence-electron chi connectivity index (χ3n) is 5.69. The smallest absolute Gasteiger partial charge is 0.243 e. The fourth-order valence-electron chi connectivity index (χ4n) is 4.24. The van der Waals surface area contributed by atoms with E-state index in [1.807, 2.05) is 39.8 Å². The zero-order valence-electron chi connectivity index (χ0n) is 17.9. The Kier molecular flexibility index (Phi) is 6.62. The molecular formula is C23H29FN2O3S. The van der Waals surface area contributed by atoms with Crippen LogP contribution in [0.25, 0.3) is 0 Å². The number of nitrogens with one attached hydrogen (secondary N) is 1. The lowest BCUT2D eigenvalue weighted by Gasteiger charge is -2.32. The molecule has 1 N–H and O–H groups in total. The standard InChI is InChI=1S/C23H29FN2O3S/c1-15-12-16(2)22(17(3)13-15)30(28,29)26-11-5-6-20(14-26)23(27)25-18(4)19-7-9-21(24)10-8-19/h7-10,12-13,18,20H,5-6,11,14H2,1-4H3,(H,25,27). The summed E-state index contributed by atoms with van der Waals surface area (Å²) in [7, 11) is -3.68. The minimum absolute atomic E-state index is 0.164. The molecular weight excluding hydrogens is 403 g/mol. The van der Waals surface area contributed by atoms with Gasteiger partial charge < -0.3 is 5.32 Å². The molecule has 1 heterocycles. The van der Waals surface area contributed by atoms with E-state index in [1.165, 1.54) is 16.4 Å². The summed E-state index contributed by atoms with van der Waals surface area (Å²) < 4.78 is 41.3. The lowest BCUT2D eigenvalue weighted by Crippen LogP contribution is -2.46. The molecule has 0 spiro atoms. The van der Waals surface area contributed by atoms with Crippen molar-refractivity contribution in [2.75, 3.05) is 13.1 Å². The summed E-state index contributed by atoms with van der Waals surface area (Å²) >= 11 is 0. The normalized spacial score (nSPS) is 18.8. The second kappa shape index (κ2) is 8.86. The lowest BCUT2D eigenvalue weighted by atomic mass is 9.98. The van der Waals surface area contributed by atoms with Gasteiger partial charge in [-0.05, 0) is 69.4 Å². The Balaban J connectivity index is 1.74. The number of amides is 1. The molecule has 5 nitrogen and oxygen atoms in total. The number of carbonyl (C=O) groups excluding carboxylic acids is 1. The Morgan fingerprint density at radius 1 is 1.13 bits per heavy atom. The Morgan fingerprint density at radius 3 is 2.33 bits per heavy atom. The molecule has 0 saturated carbocycles. The highest BCUT2D eigenvalue weighted by molar-refractivity contribution is 7.89. The summed E-state index contributed by atoms with van der Waals surface area (Å²) in [6.45, 7) is 7.97. The molecule has 0 radical (unpaired) electrons. The Hall–Kier alpha value is -2.25. The minimum atomic E-state index is -3.68. The van der Waals surface area contributed by atoms with Crippen LogP contribution < -0.4 is 5.32 Å². The number of rotatable bonds is 5. The number of carbonyl (C=O) groups is 1. The van der Waals surface area contributed by atoms with E-state index >= 15 is 0 Å². The predicted octanol–water partition coefficient (Wildman–Crippen LogP) is 4.03. The van der Waals surface area contributed by atoms with E-state index in [4.69, 9.17) is 0 Å². The van der Waals surface area contributed by atoms with Crippen molar-refractivity contribution < 1.29 is 17.6 Å². The van der Waals surface area contributed by atoms with Crippen LogP contribution in [0.5, 0.6) is 0 Å². The molecule has 1 fully saturated rings. The van der Waals surface area contributed by atoms with E-state index in [1.54, 1.807) is 12.1 Å². The summed E-state index contributed by atoms with van der Waals surface area (Å²) in [6, 6.07) is 9.46. The van der Waals surface area contributed by atoms with Gasteiger partial charge in [0.1, 0.15) is 5.82 Å². The van der Waals surface area contributed by atoms with E-state index in [0.29, 0.717) is 24.3 Å². The zero-order chi connectivity index (χ0) is 22.1. The highest BCUT2D eigenvalue weighted by atomic mass is 32.2. The number of benzene rings is 2. The van der Waals surface area contributed by atoms with Gasteiger partial charge >= 0.3 is 0 Å². The van der Waals surface area contributed by atoms with Crippen molar-refractivity contribution in [1.82, 2.24) is 9.62 Å². The van der Waals surface area contributed by atoms with Crippen LogP contribution in [0.3, 0.4) is 0 Å². The summed E-state index contributed by atoms with van der Waals surface area (Å²) in [5, 5.41) is 2.94. The summed E-state index contributed by atoms with van der Waals surface area (Å²) in [4.78, 5) is 13.2. The molecule has 2 aromatic rings. The largest absolute Gasteiger partial charge is 0.349 e. The quantitative estimate of drug-likeness (QED) is 0.776. The summed E-state index contributed by atoms with van der Waals surface area (Å²) in [6.07, 6.45) is 1.27. The average Bonchev–Trinajstić information content (AvgIpc) is 2.67. The molecule has 162 valence electrons. The molecule has 1 saturated heterocycles. The minimum Gasteiger partial charge on any atom is -0.349 e. The van der Waals surface area contributed by atoms with Crippen molar-refractivity contribution in [2.24, 2.45) is 5.92 Å². The maximum Gasteiger partial charge on any atom is 0.243 e. The predicted molar refractivity (Wildman–Crippen MR) is 115 cm³/mol. The van der Waals surface area contributed by atoms with Crippen molar-refractivity contribution in [2.45, 2.75) is 51.5 Å². The molecule has 2 unspecified atom stereocenters. The first-order valence-electron chi connectivity index (χ1n) is 10.2. The zero-order valence-corrected chi connectivity index (χ0v) is 18.7. The first kappa shape index (κ1) is 22.4. The second-order valence-electron chi connectivity index (χ2n) is 8.21. The van der Waals surface area contributed by atoms with E-state index in [9.17, 15) is 17.6 Å². The maximum absolute atomic E-state index is 13.3. The van der Waals surface area contributed by atoms with Crippen LogP contribution in [0.2, 0.25) is 0 Å². The third-order valence-corrected chi connectivity index (χ3v) is 7.86. The van der Waals surface area contributed by atoms with Crippen molar-refractivity contribution in [3.63, 3.8) is 0 Å². The molecule has 2 atom stereocenters. The molecule has 2 aromatic carbocycles. The number of sulfonamides is 1. The van der Waals surface area contributed by atoms with Gasteiger partial charge in [-0.1, -0.05) is 29.8 Å². The fraction of sp³-hybridized carbons (Fsp3) is 0.435. The molecule has 1 aliphatic rings. The number of nitrogens with zero attached hydrogens (tertiary/aromatic N) is 1. The summed E-state index contributed by atoms with van der Waals surface area (Å²) in [5.41, 5.74) is 3.28. The first-order chi connectivity index (χ1) is 14.1. The van der Waals surface area contributed by atoms with Gasteiger partial charge in [0.05, 0.1) is 16.9 Å². The first-order valence-corrected chi connectivity index (χ1v) is 11.7. The number of halogens is 1. The van der Waals surface area contributed by atoms with Gasteiger partial charge in [-0.25, -0.2) is 12.8 Å². The molecule has 1 aliphatic heterocycles. The number of aryl methyl sites for hydroxylation is 3. The highest BCUT2D eigenvalue weighted by Gasteiger charge is 2.35. The second-order valence-corrected chi connectivity index (χ2v) is 10.1. The van der Waals surface area contributed by atoms with Gasteiger partial charge in [0.25, 0.3) is 0 Å². The van der Waals surface area contributed by atoms with E-state index < -0.39 is 15.9 Å². The fourth-order valence-corrected chi connectivity index (χ4v) is 6.18. The van der Waals surface area contributed by atoms with Crippen molar-refractivity contribution in [3.05, 3.63) is 64.5 Å². The topological polar surface area (TPSA) is 66.5 Å². The summed E-state index contributed by atoms with van der Waals surface area (Å²) in [5.74, 6) is -0.918. The van der Waals surface area contributed by atoms with Crippen LogP contribution in [0, 0.1) is 32.5 Å². The lowest BCUT2D eigenvalue weighted by molar-refractivity contribution is -0.126. The van der Waals surface area contributed by atoms with E-state index in [0.717, 1.165) is 22.3 Å². The number of hydrogen-bond acceptors (Lipinski definition) is 3. The SMILES string of the molecule is Cc1cc(C)c(S(=O)(=O)N2CCCC(C(=O)NC(C)c3ccc(F)cc3)C2)c(C)c1. The number of piperidine rings is 1. The maximum atomic E-state index is 13.3. The van der Waals surface area contributed by atoms with Crippen molar-refractivity contribution in [3.8, 4) is 0 Å². The van der Waals surface area contributed by atoms with Gasteiger partial charge in [-0.15, -0.1) is 0 Å². The molecule has 0 aliphatic carbocycles. The molecule has 0 aromatic heterocycles. The third kappa shape index (κ3) is 4.73. The molecule has 7 heteroatoms. The Bertz CT molecular complexity index is 1010. The highest BCUT2D eigenvalue weighted by Crippen LogP contribution is 2.29. The van der Waals surface area contributed by atoms with Crippen LogP contribution in [-0.4, -0.2) is 31.7 Å². The van der Waals surface area contributed by atoms with Crippen LogP contribution in [0.4, 0.5) is 4.39 Å². The van der Waals surface area contributed by atoms with Gasteiger partial charge in [0.2, 0.25) is 15.9 Å². The van der Waals surface area contributed by atoms with E-state index in [-0.39, 0.29) is 24.3 Å². The molecule has 30 heavy (non-hydrogen) atoms. The van der Waals surface area contributed by atoms with Crippen molar-refractivity contribution >= 4 is 15.9 Å². The molecule has 1 amide bonds. The average molecular weight is 433 g/mol. The van der Waals surface area contributed by atoms with Crippen LogP contribution >= 0.6 is 0 Å². The Morgan fingerprint density at radius 2 is 1.73 bits per heavy atom. The van der Waals surface area contributed by atoms with Crippen LogP contribution in [-0.2, 0) is 14.8 Å². The van der Waals surface area contributed by atoms with Gasteiger partial charge in [-0.2, -0.15) is 4.31 Å². The van der Waals surface area contributed by atoms with Crippen LogP contribution in [0.15, 0.2) is 41.3 Å². The van der Waals surface area contributed by atoms with Gasteiger partial charge in [0.15, 0.2) is 0 Å². The molecule has 3 rings (SSSR count). The molecule has 0 bridgehead atoms. The Labute approximate surface area is 178 Å².